The van der Waals surface area contributed by atoms with Crippen molar-refractivity contribution < 1.29 is 9.53 Å². The van der Waals surface area contributed by atoms with Gasteiger partial charge in [0.1, 0.15) is 17.4 Å². The Morgan fingerprint density at radius 1 is 1.13 bits per heavy atom. The van der Waals surface area contributed by atoms with Crippen LogP contribution in [0.3, 0.4) is 0 Å². The van der Waals surface area contributed by atoms with Crippen molar-refractivity contribution in [2.24, 2.45) is 0 Å². The van der Waals surface area contributed by atoms with Crippen LogP contribution in [-0.2, 0) is 13.2 Å². The second-order valence-electron chi connectivity index (χ2n) is 7.78. The number of carbonyl (C=O) groups excluding carboxylic acids is 1. The topological polar surface area (TPSA) is 42.4 Å². The van der Waals surface area contributed by atoms with Gasteiger partial charge in [0.25, 0.3) is 5.91 Å². The average Bonchev–Trinajstić information content (AvgIpc) is 3.20. The van der Waals surface area contributed by atoms with Crippen LogP contribution in [0.4, 0.5) is 0 Å². The molecule has 0 fully saturated rings. The minimum atomic E-state index is 0.0468. The molecule has 1 aromatic heterocycles. The number of amides is 1. The molecular weight excluding hydrogens is 392 g/mol. The summed E-state index contributed by atoms with van der Waals surface area (Å²) in [6, 6.07) is 14.0. The maximum absolute atomic E-state index is 13.1. The zero-order valence-electron chi connectivity index (χ0n) is 18.4. The van der Waals surface area contributed by atoms with Crippen LogP contribution in [0.5, 0.6) is 5.75 Å². The Morgan fingerprint density at radius 2 is 1.87 bits per heavy atom. The number of rotatable bonds is 8. The number of nitrogens with zero attached hydrogens (tertiary/aromatic N) is 2. The molecule has 0 N–H and O–H groups in total. The van der Waals surface area contributed by atoms with Gasteiger partial charge in [0, 0.05) is 17.0 Å². The van der Waals surface area contributed by atoms with Crippen molar-refractivity contribution in [2.75, 3.05) is 0 Å². The van der Waals surface area contributed by atoms with E-state index in [9.17, 15) is 4.79 Å². The lowest BCUT2D eigenvalue weighted by molar-refractivity contribution is 0.0669. The summed E-state index contributed by atoms with van der Waals surface area (Å²) in [7, 11) is 0. The number of hydrogen-bond donors (Lipinski definition) is 0. The Labute approximate surface area is 183 Å². The number of aromatic nitrogens is 1. The first-order valence-corrected chi connectivity index (χ1v) is 11.3. The summed E-state index contributed by atoms with van der Waals surface area (Å²) in [5.41, 5.74) is 5.14. The van der Waals surface area contributed by atoms with E-state index in [-0.39, 0.29) is 11.9 Å². The van der Waals surface area contributed by atoms with E-state index >= 15 is 0 Å². The van der Waals surface area contributed by atoms with Gasteiger partial charge < -0.3 is 9.64 Å². The third-order valence-corrected chi connectivity index (χ3v) is 6.39. The maximum Gasteiger partial charge on any atom is 0.254 e. The zero-order chi connectivity index (χ0) is 21.7. The molecule has 0 aliphatic rings. The molecule has 0 bridgehead atoms. The largest absolute Gasteiger partial charge is 0.486 e. The molecule has 1 atom stereocenters. The molecule has 4 nitrogen and oxygen atoms in total. The summed E-state index contributed by atoms with van der Waals surface area (Å²) in [4.78, 5) is 19.8. The zero-order valence-corrected chi connectivity index (χ0v) is 19.3. The van der Waals surface area contributed by atoms with Gasteiger partial charge in [-0.2, -0.15) is 0 Å². The molecule has 0 saturated carbocycles. The summed E-state index contributed by atoms with van der Waals surface area (Å²) < 4.78 is 5.99. The molecule has 3 rings (SSSR count). The van der Waals surface area contributed by atoms with Crippen LogP contribution in [0.1, 0.15) is 58.0 Å². The Hall–Kier alpha value is -2.66. The molecular formula is C25H30N2O2S. The predicted octanol–water partition coefficient (Wildman–Crippen LogP) is 6.09. The van der Waals surface area contributed by atoms with Crippen molar-refractivity contribution in [2.45, 2.75) is 60.2 Å². The molecule has 3 aromatic rings. The lowest BCUT2D eigenvalue weighted by atomic mass is 10.1. The van der Waals surface area contributed by atoms with E-state index in [1.54, 1.807) is 11.3 Å². The van der Waals surface area contributed by atoms with Crippen LogP contribution in [-0.4, -0.2) is 21.8 Å². The molecule has 1 unspecified atom stereocenters. The van der Waals surface area contributed by atoms with E-state index in [0.29, 0.717) is 13.2 Å². The number of benzene rings is 2. The first kappa shape index (κ1) is 22.0. The minimum Gasteiger partial charge on any atom is -0.486 e. The lowest BCUT2D eigenvalue weighted by Gasteiger charge is -2.28. The summed E-state index contributed by atoms with van der Waals surface area (Å²) in [5, 5.41) is 2.94. The number of ether oxygens (including phenoxy) is 1. The molecule has 1 amide bonds. The summed E-state index contributed by atoms with van der Waals surface area (Å²) in [6.07, 6.45) is 0.893. The molecule has 30 heavy (non-hydrogen) atoms. The van der Waals surface area contributed by atoms with E-state index in [1.807, 2.05) is 53.6 Å². The van der Waals surface area contributed by atoms with E-state index < -0.39 is 0 Å². The maximum atomic E-state index is 13.1. The van der Waals surface area contributed by atoms with Gasteiger partial charge in [0.15, 0.2) is 0 Å². The number of aryl methyl sites for hydroxylation is 2. The predicted molar refractivity (Wildman–Crippen MR) is 123 cm³/mol. The molecule has 2 aromatic carbocycles. The molecule has 0 aliphatic carbocycles. The molecule has 0 spiro atoms. The normalized spacial score (nSPS) is 11.9. The van der Waals surface area contributed by atoms with E-state index in [2.05, 4.69) is 33.8 Å². The van der Waals surface area contributed by atoms with Gasteiger partial charge >= 0.3 is 0 Å². The first-order valence-electron chi connectivity index (χ1n) is 10.4. The van der Waals surface area contributed by atoms with Gasteiger partial charge in [0.2, 0.25) is 0 Å². The van der Waals surface area contributed by atoms with Crippen LogP contribution in [0.2, 0.25) is 0 Å². The van der Waals surface area contributed by atoms with Crippen LogP contribution in [0.15, 0.2) is 47.8 Å². The third-order valence-electron chi connectivity index (χ3n) is 5.52. The lowest BCUT2D eigenvalue weighted by Crippen LogP contribution is -2.37. The Morgan fingerprint density at radius 3 is 2.57 bits per heavy atom. The smallest absolute Gasteiger partial charge is 0.254 e. The van der Waals surface area contributed by atoms with Gasteiger partial charge in [-0.25, -0.2) is 4.98 Å². The van der Waals surface area contributed by atoms with E-state index in [0.717, 1.165) is 39.6 Å². The van der Waals surface area contributed by atoms with Crippen molar-refractivity contribution in [3.63, 3.8) is 0 Å². The minimum absolute atomic E-state index is 0.0468. The van der Waals surface area contributed by atoms with Crippen LogP contribution in [0, 0.1) is 20.8 Å². The number of hydrogen-bond acceptors (Lipinski definition) is 4. The van der Waals surface area contributed by atoms with Crippen molar-refractivity contribution in [1.82, 2.24) is 9.88 Å². The highest BCUT2D eigenvalue weighted by atomic mass is 32.1. The Balaban J connectivity index is 1.70. The summed E-state index contributed by atoms with van der Waals surface area (Å²) in [6.45, 7) is 11.3. The highest BCUT2D eigenvalue weighted by Crippen LogP contribution is 2.23. The molecule has 0 radical (unpaired) electrons. The molecule has 1 heterocycles. The highest BCUT2D eigenvalue weighted by Gasteiger charge is 2.22. The third kappa shape index (κ3) is 5.28. The van der Waals surface area contributed by atoms with Gasteiger partial charge in [-0.05, 0) is 63.4 Å². The second-order valence-corrected chi connectivity index (χ2v) is 8.72. The van der Waals surface area contributed by atoms with Crippen LogP contribution < -0.4 is 4.74 Å². The summed E-state index contributed by atoms with van der Waals surface area (Å²) >= 11 is 1.58. The number of carbonyl (C=O) groups is 1. The number of thiazole rings is 1. The van der Waals surface area contributed by atoms with Crippen molar-refractivity contribution in [3.8, 4) is 5.75 Å². The van der Waals surface area contributed by atoms with Crippen molar-refractivity contribution in [1.29, 1.82) is 0 Å². The van der Waals surface area contributed by atoms with Crippen molar-refractivity contribution >= 4 is 17.2 Å². The Bertz CT molecular complexity index is 995. The molecule has 0 aliphatic heterocycles. The van der Waals surface area contributed by atoms with Crippen molar-refractivity contribution in [3.05, 3.63) is 80.8 Å². The summed E-state index contributed by atoms with van der Waals surface area (Å²) in [5.74, 6) is 0.938. The highest BCUT2D eigenvalue weighted by molar-refractivity contribution is 7.09. The van der Waals surface area contributed by atoms with Gasteiger partial charge in [-0.3, -0.25) is 4.79 Å². The molecule has 5 heteroatoms. The quantitative estimate of drug-likeness (QED) is 0.441. The molecule has 0 saturated heterocycles. The average molecular weight is 423 g/mol. The fourth-order valence-electron chi connectivity index (χ4n) is 3.19. The first-order chi connectivity index (χ1) is 14.4. The standard InChI is InChI=1S/C25H30N2O2S/c1-6-19(4)27(25(28)21-12-10-17(2)11-13-21)14-22-16-30-24(26-22)15-29-23-9-7-8-18(3)20(23)5/h7-13,16,19H,6,14-15H2,1-5H3. The van der Waals surface area contributed by atoms with E-state index in [1.165, 1.54) is 5.56 Å². The fraction of sp³-hybridized carbons (Fsp3) is 0.360. The van der Waals surface area contributed by atoms with Crippen LogP contribution in [0.25, 0.3) is 0 Å². The van der Waals surface area contributed by atoms with Gasteiger partial charge in [0.05, 0.1) is 12.2 Å². The Kier molecular flexibility index (Phi) is 7.27. The van der Waals surface area contributed by atoms with Gasteiger partial charge in [-0.1, -0.05) is 36.8 Å². The van der Waals surface area contributed by atoms with Gasteiger partial charge in [-0.15, -0.1) is 11.3 Å². The van der Waals surface area contributed by atoms with Crippen LogP contribution >= 0.6 is 11.3 Å². The second kappa shape index (κ2) is 9.90. The fourth-order valence-corrected chi connectivity index (χ4v) is 3.89. The molecule has 158 valence electrons. The monoisotopic (exact) mass is 422 g/mol. The van der Waals surface area contributed by atoms with E-state index in [4.69, 9.17) is 9.72 Å². The SMILES string of the molecule is CCC(C)N(Cc1csc(COc2cccc(C)c2C)n1)C(=O)c1ccc(C)cc1.